The van der Waals surface area contributed by atoms with Crippen LogP contribution >= 0.6 is 0 Å². The molecule has 2 aromatic carbocycles. The maximum atomic E-state index is 11.7. The number of carboxylic acids is 1. The molecule has 0 unspecified atom stereocenters. The van der Waals surface area contributed by atoms with Gasteiger partial charge in [-0.2, -0.15) is 0 Å². The molecular formula is C17H15N2O3+. The Morgan fingerprint density at radius 3 is 2.32 bits per heavy atom. The summed E-state index contributed by atoms with van der Waals surface area (Å²) < 4.78 is 1.73. The Kier molecular flexibility index (Phi) is 3.70. The van der Waals surface area contributed by atoms with Gasteiger partial charge in [0, 0.05) is 30.5 Å². The van der Waals surface area contributed by atoms with Crippen molar-refractivity contribution in [2.45, 2.75) is 12.8 Å². The van der Waals surface area contributed by atoms with Crippen molar-refractivity contribution in [1.82, 2.24) is 5.43 Å². The molecule has 0 spiro atoms. The maximum absolute atomic E-state index is 11.7. The standard InChI is InChI=1S/C17H14N2O3/c20-16-11-10-15(12-4-2-1-3-5-12)19(18-16)14-8-6-13(7-9-14)17(21)22/h1-9H,10-11H2,(H-,18,20,21,22)/p+1. The molecule has 1 amide bonds. The number of carbonyl (C=O) groups is 2. The molecule has 22 heavy (non-hydrogen) atoms. The molecule has 110 valence electrons. The van der Waals surface area contributed by atoms with Gasteiger partial charge in [0.2, 0.25) is 11.4 Å². The Hall–Kier alpha value is -2.95. The highest BCUT2D eigenvalue weighted by atomic mass is 16.4. The molecule has 0 bridgehead atoms. The fraction of sp³-hybridized carbons (Fsp3) is 0.118. The van der Waals surface area contributed by atoms with Crippen LogP contribution in [0.2, 0.25) is 0 Å². The molecule has 2 aromatic rings. The molecule has 5 nitrogen and oxygen atoms in total. The second-order valence-electron chi connectivity index (χ2n) is 5.04. The van der Waals surface area contributed by atoms with E-state index in [1.54, 1.807) is 16.8 Å². The number of rotatable bonds is 3. The monoisotopic (exact) mass is 295 g/mol. The minimum Gasteiger partial charge on any atom is -0.478 e. The summed E-state index contributed by atoms with van der Waals surface area (Å²) >= 11 is 0. The molecule has 0 aromatic heterocycles. The van der Waals surface area contributed by atoms with Crippen LogP contribution in [0.5, 0.6) is 0 Å². The SMILES string of the molecule is O=C1CCC(c2ccccc2)=[N+](c2ccc(C(=O)O)cc2)N1. The van der Waals surface area contributed by atoms with Crippen molar-refractivity contribution in [3.05, 3.63) is 65.7 Å². The predicted molar refractivity (Wildman–Crippen MR) is 81.2 cm³/mol. The van der Waals surface area contributed by atoms with Crippen LogP contribution in [0.15, 0.2) is 54.6 Å². The first-order valence-electron chi connectivity index (χ1n) is 6.99. The Labute approximate surface area is 127 Å². The van der Waals surface area contributed by atoms with Gasteiger partial charge in [-0.3, -0.25) is 4.79 Å². The van der Waals surface area contributed by atoms with E-state index in [1.807, 2.05) is 30.3 Å². The zero-order valence-corrected chi connectivity index (χ0v) is 11.8. The van der Waals surface area contributed by atoms with Crippen molar-refractivity contribution in [3.8, 4) is 0 Å². The number of carbonyl (C=O) groups excluding carboxylic acids is 1. The number of nitrogens with one attached hydrogen (secondary N) is 1. The smallest absolute Gasteiger partial charge is 0.335 e. The van der Waals surface area contributed by atoms with Gasteiger partial charge in [0.15, 0.2) is 0 Å². The number of amides is 1. The number of hydrogen-bond acceptors (Lipinski definition) is 2. The van der Waals surface area contributed by atoms with E-state index in [-0.39, 0.29) is 11.5 Å². The average Bonchev–Trinajstić information content (AvgIpc) is 2.55. The fourth-order valence-corrected chi connectivity index (χ4v) is 2.47. The molecule has 0 aliphatic carbocycles. The molecule has 0 saturated heterocycles. The molecule has 1 aliphatic rings. The minimum atomic E-state index is -0.971. The summed E-state index contributed by atoms with van der Waals surface area (Å²) in [5.41, 5.74) is 5.81. The van der Waals surface area contributed by atoms with E-state index in [9.17, 15) is 9.59 Å². The average molecular weight is 295 g/mol. The van der Waals surface area contributed by atoms with Crippen molar-refractivity contribution in [2.75, 3.05) is 0 Å². The minimum absolute atomic E-state index is 0.0537. The lowest BCUT2D eigenvalue weighted by molar-refractivity contribution is -0.496. The fourth-order valence-electron chi connectivity index (χ4n) is 2.47. The third kappa shape index (κ3) is 2.74. The van der Waals surface area contributed by atoms with Crippen LogP contribution in [-0.4, -0.2) is 27.4 Å². The van der Waals surface area contributed by atoms with Crippen LogP contribution < -0.4 is 5.43 Å². The van der Waals surface area contributed by atoms with Crippen molar-refractivity contribution in [2.24, 2.45) is 0 Å². The molecule has 5 heteroatoms. The predicted octanol–water partition coefficient (Wildman–Crippen LogP) is 2.34. The Morgan fingerprint density at radius 2 is 1.68 bits per heavy atom. The van der Waals surface area contributed by atoms with Crippen LogP contribution in [0, 0.1) is 0 Å². The Morgan fingerprint density at radius 1 is 1.00 bits per heavy atom. The van der Waals surface area contributed by atoms with Crippen LogP contribution in [0.25, 0.3) is 0 Å². The highest BCUT2D eigenvalue weighted by Gasteiger charge is 2.28. The first-order valence-corrected chi connectivity index (χ1v) is 6.99. The second kappa shape index (κ2) is 5.81. The normalized spacial score (nSPS) is 14.6. The lowest BCUT2D eigenvalue weighted by Gasteiger charge is -2.14. The number of hydrogen-bond donors (Lipinski definition) is 2. The Balaban J connectivity index is 2.08. The molecule has 0 atom stereocenters. The van der Waals surface area contributed by atoms with Crippen LogP contribution in [0.4, 0.5) is 5.69 Å². The van der Waals surface area contributed by atoms with Crippen molar-refractivity contribution in [3.63, 3.8) is 0 Å². The molecule has 3 rings (SSSR count). The summed E-state index contributed by atoms with van der Waals surface area (Å²) in [4.78, 5) is 22.7. The van der Waals surface area contributed by atoms with Crippen molar-refractivity contribution < 1.29 is 19.4 Å². The van der Waals surface area contributed by atoms with E-state index in [2.05, 4.69) is 5.43 Å². The topological polar surface area (TPSA) is 69.4 Å². The van der Waals surface area contributed by atoms with Gasteiger partial charge in [-0.25, -0.2) is 4.79 Å². The van der Waals surface area contributed by atoms with Gasteiger partial charge in [0.05, 0.1) is 5.56 Å². The highest BCUT2D eigenvalue weighted by Crippen LogP contribution is 2.18. The van der Waals surface area contributed by atoms with Crippen LogP contribution in [-0.2, 0) is 4.79 Å². The van der Waals surface area contributed by atoms with Crippen LogP contribution in [0.3, 0.4) is 0 Å². The number of carboxylic acid groups (broad SMARTS) is 1. The Bertz CT molecular complexity index is 749. The van der Waals surface area contributed by atoms with Gasteiger partial charge in [-0.15, -0.1) is 5.43 Å². The van der Waals surface area contributed by atoms with E-state index in [1.165, 1.54) is 12.1 Å². The first kappa shape index (κ1) is 14.0. The maximum Gasteiger partial charge on any atom is 0.335 e. The van der Waals surface area contributed by atoms with Gasteiger partial charge in [-0.1, -0.05) is 22.9 Å². The lowest BCUT2D eigenvalue weighted by atomic mass is 10.0. The lowest BCUT2D eigenvalue weighted by Crippen LogP contribution is -2.40. The highest BCUT2D eigenvalue weighted by molar-refractivity contribution is 6.00. The number of hydrazine groups is 1. The molecule has 2 N–H and O–H groups in total. The molecule has 0 fully saturated rings. The molecule has 1 heterocycles. The number of benzene rings is 2. The molecule has 0 radical (unpaired) electrons. The largest absolute Gasteiger partial charge is 0.478 e. The second-order valence-corrected chi connectivity index (χ2v) is 5.04. The summed E-state index contributed by atoms with van der Waals surface area (Å²) in [5, 5.41) is 8.97. The quantitative estimate of drug-likeness (QED) is 0.854. The zero-order valence-electron chi connectivity index (χ0n) is 11.8. The van der Waals surface area contributed by atoms with Crippen molar-refractivity contribution >= 4 is 23.3 Å². The summed E-state index contributed by atoms with van der Waals surface area (Å²) in [5.74, 6) is -1.02. The third-order valence-corrected chi connectivity index (χ3v) is 3.57. The van der Waals surface area contributed by atoms with E-state index >= 15 is 0 Å². The molecule has 1 aliphatic heterocycles. The number of aromatic carboxylic acids is 1. The zero-order chi connectivity index (χ0) is 15.5. The van der Waals surface area contributed by atoms with Gasteiger partial charge >= 0.3 is 5.97 Å². The third-order valence-electron chi connectivity index (χ3n) is 3.57. The van der Waals surface area contributed by atoms with Gasteiger partial charge in [-0.05, 0) is 24.3 Å². The van der Waals surface area contributed by atoms with Crippen LogP contribution in [0.1, 0.15) is 28.8 Å². The number of hydrazone groups is 1. The number of nitrogens with zero attached hydrogens (tertiary/aromatic N) is 1. The first-order chi connectivity index (χ1) is 10.6. The van der Waals surface area contributed by atoms with Crippen molar-refractivity contribution in [1.29, 1.82) is 0 Å². The summed E-state index contributed by atoms with van der Waals surface area (Å²) in [6.07, 6.45) is 1.07. The summed E-state index contributed by atoms with van der Waals surface area (Å²) in [6.45, 7) is 0. The van der Waals surface area contributed by atoms with Gasteiger partial charge in [0.25, 0.3) is 5.91 Å². The summed E-state index contributed by atoms with van der Waals surface area (Å²) in [6, 6.07) is 16.3. The molecule has 0 saturated carbocycles. The van der Waals surface area contributed by atoms with E-state index < -0.39 is 5.97 Å². The van der Waals surface area contributed by atoms with Gasteiger partial charge < -0.3 is 5.11 Å². The van der Waals surface area contributed by atoms with Gasteiger partial charge in [0.1, 0.15) is 0 Å². The van der Waals surface area contributed by atoms with E-state index in [0.29, 0.717) is 12.8 Å². The summed E-state index contributed by atoms with van der Waals surface area (Å²) in [7, 11) is 0. The molecular weight excluding hydrogens is 280 g/mol. The van der Waals surface area contributed by atoms with E-state index in [0.717, 1.165) is 17.0 Å². The van der Waals surface area contributed by atoms with E-state index in [4.69, 9.17) is 5.11 Å².